The average molecular weight is 325 g/mol. The SMILES string of the molecule is Cc1c(C(C)NC(=O)Nc2ccc(-n3ccnc3)nc2)cnn1C. The molecule has 0 aromatic carbocycles. The van der Waals surface area contributed by atoms with Crippen LogP contribution in [0, 0.1) is 6.92 Å². The van der Waals surface area contributed by atoms with Gasteiger partial charge in [-0.25, -0.2) is 14.8 Å². The van der Waals surface area contributed by atoms with Crippen molar-refractivity contribution in [2.75, 3.05) is 5.32 Å². The summed E-state index contributed by atoms with van der Waals surface area (Å²) in [6.45, 7) is 3.89. The van der Waals surface area contributed by atoms with Gasteiger partial charge in [0.15, 0.2) is 0 Å². The van der Waals surface area contributed by atoms with E-state index in [1.807, 2.05) is 27.0 Å². The van der Waals surface area contributed by atoms with Crippen molar-refractivity contribution < 1.29 is 4.79 Å². The normalized spacial score (nSPS) is 12.0. The van der Waals surface area contributed by atoms with Crippen molar-refractivity contribution in [2.45, 2.75) is 19.9 Å². The van der Waals surface area contributed by atoms with Crippen molar-refractivity contribution >= 4 is 11.7 Å². The van der Waals surface area contributed by atoms with Gasteiger partial charge in [0.2, 0.25) is 0 Å². The zero-order valence-electron chi connectivity index (χ0n) is 13.8. The summed E-state index contributed by atoms with van der Waals surface area (Å²) in [6.07, 6.45) is 8.53. The summed E-state index contributed by atoms with van der Waals surface area (Å²) in [7, 11) is 1.87. The lowest BCUT2D eigenvalue weighted by Gasteiger charge is -2.14. The molecule has 1 unspecified atom stereocenters. The molecule has 0 aliphatic heterocycles. The van der Waals surface area contributed by atoms with Crippen LogP contribution in [0.15, 0.2) is 43.2 Å². The van der Waals surface area contributed by atoms with Gasteiger partial charge in [0.1, 0.15) is 12.1 Å². The number of amides is 2. The topological polar surface area (TPSA) is 89.7 Å². The van der Waals surface area contributed by atoms with E-state index in [1.165, 1.54) is 0 Å². The van der Waals surface area contributed by atoms with E-state index in [0.29, 0.717) is 5.69 Å². The molecule has 0 saturated heterocycles. The number of nitrogens with zero attached hydrogens (tertiary/aromatic N) is 5. The molecule has 3 rings (SSSR count). The summed E-state index contributed by atoms with van der Waals surface area (Å²) < 4.78 is 3.57. The van der Waals surface area contributed by atoms with Crippen molar-refractivity contribution in [3.05, 3.63) is 54.5 Å². The first-order valence-corrected chi connectivity index (χ1v) is 7.55. The first-order valence-electron chi connectivity index (χ1n) is 7.55. The van der Waals surface area contributed by atoms with Crippen LogP contribution >= 0.6 is 0 Å². The van der Waals surface area contributed by atoms with Gasteiger partial charge in [-0.3, -0.25) is 9.25 Å². The smallest absolute Gasteiger partial charge is 0.319 e. The maximum Gasteiger partial charge on any atom is 0.319 e. The van der Waals surface area contributed by atoms with Crippen molar-refractivity contribution in [3.63, 3.8) is 0 Å². The van der Waals surface area contributed by atoms with Crippen LogP contribution < -0.4 is 10.6 Å². The van der Waals surface area contributed by atoms with Gasteiger partial charge in [-0.05, 0) is 26.0 Å². The monoisotopic (exact) mass is 325 g/mol. The third-order valence-electron chi connectivity index (χ3n) is 3.86. The van der Waals surface area contributed by atoms with Gasteiger partial charge in [0, 0.05) is 30.7 Å². The summed E-state index contributed by atoms with van der Waals surface area (Å²) in [5, 5.41) is 9.86. The zero-order chi connectivity index (χ0) is 17.1. The fraction of sp³-hybridized carbons (Fsp3) is 0.250. The van der Waals surface area contributed by atoms with Crippen LogP contribution in [0.2, 0.25) is 0 Å². The molecule has 0 spiro atoms. The molecule has 3 aromatic rings. The summed E-state index contributed by atoms with van der Waals surface area (Å²) in [6, 6.07) is 3.17. The number of anilines is 1. The van der Waals surface area contributed by atoms with Gasteiger partial charge in [0.05, 0.1) is 24.1 Å². The fourth-order valence-electron chi connectivity index (χ4n) is 2.39. The number of carbonyl (C=O) groups excluding carboxylic acids is 1. The Balaban J connectivity index is 1.61. The first-order chi connectivity index (χ1) is 11.5. The average Bonchev–Trinajstić information content (AvgIpc) is 3.19. The summed E-state index contributed by atoms with van der Waals surface area (Å²) >= 11 is 0. The number of aryl methyl sites for hydroxylation is 1. The quantitative estimate of drug-likeness (QED) is 0.769. The van der Waals surface area contributed by atoms with E-state index < -0.39 is 0 Å². The summed E-state index contributed by atoms with van der Waals surface area (Å²) in [5.74, 6) is 0.734. The minimum atomic E-state index is -0.289. The molecule has 2 amide bonds. The molecule has 0 radical (unpaired) electrons. The Morgan fingerprint density at radius 3 is 2.71 bits per heavy atom. The number of nitrogens with one attached hydrogen (secondary N) is 2. The largest absolute Gasteiger partial charge is 0.331 e. The van der Waals surface area contributed by atoms with E-state index in [4.69, 9.17) is 0 Å². The van der Waals surface area contributed by atoms with Crippen LogP contribution in [0.4, 0.5) is 10.5 Å². The van der Waals surface area contributed by atoms with Crippen LogP contribution in [-0.2, 0) is 7.05 Å². The van der Waals surface area contributed by atoms with E-state index in [1.54, 1.807) is 46.4 Å². The van der Waals surface area contributed by atoms with Crippen LogP contribution in [0.1, 0.15) is 24.2 Å². The minimum Gasteiger partial charge on any atom is -0.331 e. The molecule has 8 nitrogen and oxygen atoms in total. The molecule has 0 aliphatic carbocycles. The molecular formula is C16H19N7O. The first kappa shape index (κ1) is 15.7. The van der Waals surface area contributed by atoms with Gasteiger partial charge < -0.3 is 10.6 Å². The second-order valence-corrected chi connectivity index (χ2v) is 5.50. The molecule has 0 aliphatic rings. The minimum absolute atomic E-state index is 0.142. The van der Waals surface area contributed by atoms with E-state index in [2.05, 4.69) is 25.7 Å². The molecule has 24 heavy (non-hydrogen) atoms. The summed E-state index contributed by atoms with van der Waals surface area (Å²) in [5.41, 5.74) is 2.63. The van der Waals surface area contributed by atoms with Gasteiger partial charge >= 0.3 is 6.03 Å². The molecule has 2 N–H and O–H groups in total. The molecule has 124 valence electrons. The fourth-order valence-corrected chi connectivity index (χ4v) is 2.39. The number of hydrogen-bond donors (Lipinski definition) is 2. The highest BCUT2D eigenvalue weighted by Gasteiger charge is 2.14. The third kappa shape index (κ3) is 3.27. The van der Waals surface area contributed by atoms with Gasteiger partial charge in [-0.1, -0.05) is 0 Å². The molecule has 3 aromatic heterocycles. The number of imidazole rings is 1. The highest BCUT2D eigenvalue weighted by molar-refractivity contribution is 5.89. The van der Waals surface area contributed by atoms with E-state index in [0.717, 1.165) is 17.1 Å². The number of hydrogen-bond acceptors (Lipinski definition) is 4. The van der Waals surface area contributed by atoms with E-state index >= 15 is 0 Å². The van der Waals surface area contributed by atoms with Gasteiger partial charge in [-0.2, -0.15) is 5.10 Å². The lowest BCUT2D eigenvalue weighted by Crippen LogP contribution is -2.31. The van der Waals surface area contributed by atoms with Crippen LogP contribution in [-0.4, -0.2) is 30.3 Å². The Hall–Kier alpha value is -3.16. The number of urea groups is 1. The number of pyridine rings is 1. The molecule has 0 bridgehead atoms. The predicted molar refractivity (Wildman–Crippen MR) is 89.9 cm³/mol. The maximum absolute atomic E-state index is 12.1. The Labute approximate surface area is 139 Å². The number of carbonyl (C=O) groups is 1. The second-order valence-electron chi connectivity index (χ2n) is 5.50. The Morgan fingerprint density at radius 1 is 1.29 bits per heavy atom. The molecule has 0 fully saturated rings. The lowest BCUT2D eigenvalue weighted by atomic mass is 10.1. The third-order valence-corrected chi connectivity index (χ3v) is 3.86. The highest BCUT2D eigenvalue weighted by Crippen LogP contribution is 2.16. The molecule has 8 heteroatoms. The maximum atomic E-state index is 12.1. The van der Waals surface area contributed by atoms with E-state index in [9.17, 15) is 4.79 Å². The Kier molecular flexibility index (Phi) is 4.28. The highest BCUT2D eigenvalue weighted by atomic mass is 16.2. The van der Waals surface area contributed by atoms with Crippen LogP contribution in [0.25, 0.3) is 5.82 Å². The molecule has 3 heterocycles. The Morgan fingerprint density at radius 2 is 2.12 bits per heavy atom. The van der Waals surface area contributed by atoms with Crippen molar-refractivity contribution in [3.8, 4) is 5.82 Å². The molecule has 0 saturated carbocycles. The van der Waals surface area contributed by atoms with Crippen molar-refractivity contribution in [1.29, 1.82) is 0 Å². The van der Waals surface area contributed by atoms with Gasteiger partial charge in [-0.15, -0.1) is 0 Å². The molecule has 1 atom stereocenters. The van der Waals surface area contributed by atoms with E-state index in [-0.39, 0.29) is 12.1 Å². The standard InChI is InChI=1S/C16H19N7O/c1-11(14-9-19-22(3)12(14)2)20-16(24)21-13-4-5-15(18-8-13)23-7-6-17-10-23/h4-11H,1-3H3,(H2,20,21,24). The summed E-state index contributed by atoms with van der Waals surface area (Å²) in [4.78, 5) is 20.4. The lowest BCUT2D eigenvalue weighted by molar-refractivity contribution is 0.249. The van der Waals surface area contributed by atoms with Gasteiger partial charge in [0.25, 0.3) is 0 Å². The van der Waals surface area contributed by atoms with Crippen LogP contribution in [0.5, 0.6) is 0 Å². The zero-order valence-corrected chi connectivity index (χ0v) is 13.8. The molecular weight excluding hydrogens is 306 g/mol. The Bertz CT molecular complexity index is 821. The van der Waals surface area contributed by atoms with Crippen LogP contribution in [0.3, 0.4) is 0 Å². The van der Waals surface area contributed by atoms with Crippen molar-refractivity contribution in [2.24, 2.45) is 7.05 Å². The van der Waals surface area contributed by atoms with Crippen molar-refractivity contribution in [1.82, 2.24) is 29.6 Å². The number of aromatic nitrogens is 5. The predicted octanol–water partition coefficient (Wildman–Crippen LogP) is 2.19. The number of rotatable bonds is 4. The second kappa shape index (κ2) is 6.53.